The van der Waals surface area contributed by atoms with Crippen molar-refractivity contribution in [3.63, 3.8) is 0 Å². The van der Waals surface area contributed by atoms with Crippen molar-refractivity contribution < 1.29 is 0 Å². The van der Waals surface area contributed by atoms with Crippen molar-refractivity contribution in [2.75, 3.05) is 0 Å². The van der Waals surface area contributed by atoms with Crippen LogP contribution in [0, 0.1) is 18.3 Å². The minimum absolute atomic E-state index is 0.0112. The lowest BCUT2D eigenvalue weighted by Crippen LogP contribution is -2.25. The second-order valence-electron chi connectivity index (χ2n) is 4.88. The molecule has 1 heterocycles. The molecule has 0 aliphatic rings. The lowest BCUT2D eigenvalue weighted by Gasteiger charge is -2.16. The number of nitrogens with zero attached hydrogens (tertiary/aromatic N) is 2. The molecule has 19 heavy (non-hydrogen) atoms. The van der Waals surface area contributed by atoms with Gasteiger partial charge in [0, 0.05) is 6.04 Å². The Hall–Kier alpha value is -2.34. The normalized spacial score (nSPS) is 10.5. The third kappa shape index (κ3) is 2.43. The Balaban J connectivity index is 2.71. The molecule has 0 N–H and O–H groups in total. The van der Waals surface area contributed by atoms with Gasteiger partial charge in [-0.15, -0.1) is 0 Å². The lowest BCUT2D eigenvalue weighted by molar-refractivity contribution is 0.584. The van der Waals surface area contributed by atoms with Crippen LogP contribution in [0.1, 0.15) is 31.0 Å². The van der Waals surface area contributed by atoms with E-state index in [0.717, 1.165) is 11.3 Å². The molecule has 0 saturated carbocycles. The van der Waals surface area contributed by atoms with E-state index in [9.17, 15) is 4.79 Å². The van der Waals surface area contributed by atoms with Crippen LogP contribution in [-0.2, 0) is 0 Å². The zero-order valence-electron chi connectivity index (χ0n) is 11.3. The standard InChI is InChI=1S/C16H16N2O/c1-11(2)18-15(9-8-14(10-17)16(18)19)13-6-4-12(3)5-7-13/h4-9,11H,1-3H3. The maximum Gasteiger partial charge on any atom is 0.269 e. The molecule has 0 amide bonds. The molecule has 2 aromatic rings. The van der Waals surface area contributed by atoms with E-state index in [2.05, 4.69) is 0 Å². The summed E-state index contributed by atoms with van der Waals surface area (Å²) in [6.45, 7) is 5.92. The van der Waals surface area contributed by atoms with E-state index in [-0.39, 0.29) is 17.2 Å². The zero-order chi connectivity index (χ0) is 14.0. The highest BCUT2D eigenvalue weighted by Crippen LogP contribution is 2.21. The first-order valence-electron chi connectivity index (χ1n) is 6.27. The van der Waals surface area contributed by atoms with Gasteiger partial charge in [-0.3, -0.25) is 4.79 Å². The third-order valence-corrected chi connectivity index (χ3v) is 3.10. The summed E-state index contributed by atoms with van der Waals surface area (Å²) in [5.74, 6) is 0. The SMILES string of the molecule is Cc1ccc(-c2ccc(C#N)c(=O)n2C(C)C)cc1. The highest BCUT2D eigenvalue weighted by molar-refractivity contribution is 5.61. The van der Waals surface area contributed by atoms with Crippen molar-refractivity contribution in [1.29, 1.82) is 5.26 Å². The molecule has 0 spiro atoms. The zero-order valence-corrected chi connectivity index (χ0v) is 11.3. The van der Waals surface area contributed by atoms with Crippen LogP contribution in [0.15, 0.2) is 41.2 Å². The largest absolute Gasteiger partial charge is 0.305 e. The summed E-state index contributed by atoms with van der Waals surface area (Å²) in [4.78, 5) is 12.2. The first-order valence-corrected chi connectivity index (χ1v) is 6.27. The van der Waals surface area contributed by atoms with E-state index in [1.165, 1.54) is 5.56 Å². The fraction of sp³-hybridized carbons (Fsp3) is 0.250. The molecule has 1 aromatic heterocycles. The minimum atomic E-state index is -0.226. The molecule has 0 aliphatic heterocycles. The summed E-state index contributed by atoms with van der Waals surface area (Å²) >= 11 is 0. The number of benzene rings is 1. The summed E-state index contributed by atoms with van der Waals surface area (Å²) in [5.41, 5.74) is 2.97. The summed E-state index contributed by atoms with van der Waals surface area (Å²) < 4.78 is 1.67. The average molecular weight is 252 g/mol. The molecule has 0 aliphatic carbocycles. The predicted molar refractivity (Wildman–Crippen MR) is 76.0 cm³/mol. The highest BCUT2D eigenvalue weighted by Gasteiger charge is 2.12. The van der Waals surface area contributed by atoms with Gasteiger partial charge >= 0.3 is 0 Å². The lowest BCUT2D eigenvalue weighted by atomic mass is 10.1. The van der Waals surface area contributed by atoms with Gasteiger partial charge in [-0.05, 0) is 38.5 Å². The number of rotatable bonds is 2. The molecular formula is C16H16N2O. The van der Waals surface area contributed by atoms with Crippen LogP contribution in [0.2, 0.25) is 0 Å². The number of aromatic nitrogens is 1. The number of aryl methyl sites for hydroxylation is 1. The van der Waals surface area contributed by atoms with Crippen LogP contribution in [0.25, 0.3) is 11.3 Å². The molecule has 0 atom stereocenters. The molecule has 0 saturated heterocycles. The van der Waals surface area contributed by atoms with Crippen LogP contribution in [0.4, 0.5) is 0 Å². The fourth-order valence-corrected chi connectivity index (χ4v) is 2.11. The van der Waals surface area contributed by atoms with Crippen LogP contribution >= 0.6 is 0 Å². The van der Waals surface area contributed by atoms with Gasteiger partial charge in [-0.1, -0.05) is 29.8 Å². The van der Waals surface area contributed by atoms with Gasteiger partial charge < -0.3 is 4.57 Å². The number of pyridine rings is 1. The second-order valence-corrected chi connectivity index (χ2v) is 4.88. The molecule has 3 heteroatoms. The quantitative estimate of drug-likeness (QED) is 0.823. The topological polar surface area (TPSA) is 45.8 Å². The first kappa shape index (κ1) is 13.1. The Morgan fingerprint density at radius 2 is 1.74 bits per heavy atom. The van der Waals surface area contributed by atoms with E-state index in [4.69, 9.17) is 5.26 Å². The van der Waals surface area contributed by atoms with Crippen LogP contribution in [0.3, 0.4) is 0 Å². The maximum absolute atomic E-state index is 12.2. The Kier molecular flexibility index (Phi) is 3.52. The van der Waals surface area contributed by atoms with Crippen LogP contribution in [-0.4, -0.2) is 4.57 Å². The van der Waals surface area contributed by atoms with E-state index >= 15 is 0 Å². The molecule has 1 aromatic carbocycles. The van der Waals surface area contributed by atoms with Gasteiger partial charge in [0.05, 0.1) is 5.69 Å². The molecule has 0 fully saturated rings. The van der Waals surface area contributed by atoms with Crippen LogP contribution < -0.4 is 5.56 Å². The van der Waals surface area contributed by atoms with Gasteiger partial charge in [0.2, 0.25) is 0 Å². The van der Waals surface area contributed by atoms with Crippen molar-refractivity contribution in [2.24, 2.45) is 0 Å². The van der Waals surface area contributed by atoms with E-state index < -0.39 is 0 Å². The Labute approximate surface area is 112 Å². The summed E-state index contributed by atoms with van der Waals surface area (Å²) in [7, 11) is 0. The second kappa shape index (κ2) is 5.11. The van der Waals surface area contributed by atoms with Gasteiger partial charge in [-0.2, -0.15) is 5.26 Å². The van der Waals surface area contributed by atoms with E-state index in [1.807, 2.05) is 57.2 Å². The summed E-state index contributed by atoms with van der Waals surface area (Å²) in [6.07, 6.45) is 0. The fourth-order valence-electron chi connectivity index (χ4n) is 2.11. The summed E-state index contributed by atoms with van der Waals surface area (Å²) in [5, 5.41) is 8.96. The minimum Gasteiger partial charge on any atom is -0.305 e. The Bertz CT molecular complexity index is 688. The highest BCUT2D eigenvalue weighted by atomic mass is 16.1. The monoisotopic (exact) mass is 252 g/mol. The summed E-state index contributed by atoms with van der Waals surface area (Å²) in [6, 6.07) is 13.4. The van der Waals surface area contributed by atoms with Crippen LogP contribution in [0.5, 0.6) is 0 Å². The van der Waals surface area contributed by atoms with Gasteiger partial charge in [0.25, 0.3) is 5.56 Å². The number of nitriles is 1. The van der Waals surface area contributed by atoms with Gasteiger partial charge in [0.1, 0.15) is 11.6 Å². The number of hydrogen-bond donors (Lipinski definition) is 0. The third-order valence-electron chi connectivity index (χ3n) is 3.10. The van der Waals surface area contributed by atoms with Crippen molar-refractivity contribution in [3.05, 3.63) is 57.9 Å². The Morgan fingerprint density at radius 1 is 1.11 bits per heavy atom. The average Bonchev–Trinajstić information content (AvgIpc) is 2.38. The predicted octanol–water partition coefficient (Wildman–Crippen LogP) is 3.28. The molecule has 2 rings (SSSR count). The molecule has 0 bridgehead atoms. The van der Waals surface area contributed by atoms with Crippen molar-refractivity contribution in [2.45, 2.75) is 26.8 Å². The number of hydrogen-bond acceptors (Lipinski definition) is 2. The van der Waals surface area contributed by atoms with E-state index in [0.29, 0.717) is 0 Å². The van der Waals surface area contributed by atoms with E-state index in [1.54, 1.807) is 10.6 Å². The van der Waals surface area contributed by atoms with Crippen molar-refractivity contribution >= 4 is 0 Å². The maximum atomic E-state index is 12.2. The molecular weight excluding hydrogens is 236 g/mol. The van der Waals surface area contributed by atoms with Crippen molar-refractivity contribution in [3.8, 4) is 17.3 Å². The van der Waals surface area contributed by atoms with Gasteiger partial charge in [-0.25, -0.2) is 0 Å². The molecule has 0 unspecified atom stereocenters. The van der Waals surface area contributed by atoms with Crippen molar-refractivity contribution in [1.82, 2.24) is 4.57 Å². The molecule has 3 nitrogen and oxygen atoms in total. The molecule has 0 radical (unpaired) electrons. The first-order chi connectivity index (χ1) is 9.04. The molecule has 96 valence electrons. The smallest absolute Gasteiger partial charge is 0.269 e. The van der Waals surface area contributed by atoms with Gasteiger partial charge in [0.15, 0.2) is 0 Å². The Morgan fingerprint density at radius 3 is 2.26 bits per heavy atom.